The van der Waals surface area contributed by atoms with E-state index in [1.165, 1.54) is 6.07 Å². The van der Waals surface area contributed by atoms with Crippen molar-refractivity contribution in [2.75, 3.05) is 44.7 Å². The molecule has 0 bridgehead atoms. The molecule has 1 saturated heterocycles. The van der Waals surface area contributed by atoms with Crippen molar-refractivity contribution < 1.29 is 9.66 Å². The van der Waals surface area contributed by atoms with E-state index in [9.17, 15) is 10.1 Å². The van der Waals surface area contributed by atoms with Crippen molar-refractivity contribution in [3.8, 4) is 0 Å². The van der Waals surface area contributed by atoms with Crippen molar-refractivity contribution in [1.29, 1.82) is 0 Å². The Morgan fingerprint density at radius 3 is 2.85 bits per heavy atom. The van der Waals surface area contributed by atoms with Crippen LogP contribution in [0, 0.1) is 10.1 Å². The first-order valence-electron chi connectivity index (χ1n) is 6.65. The van der Waals surface area contributed by atoms with Crippen LogP contribution >= 0.6 is 11.6 Å². The SMILES string of the molecule is O=[N+]([O-])c1cc(Cl)ccc1NCCCN1CCOCC1. The molecule has 1 fully saturated rings. The fraction of sp³-hybridized carbons (Fsp3) is 0.538. The monoisotopic (exact) mass is 299 g/mol. The van der Waals surface area contributed by atoms with E-state index in [0.29, 0.717) is 17.3 Å². The van der Waals surface area contributed by atoms with Crippen LogP contribution < -0.4 is 5.32 Å². The second kappa shape index (κ2) is 7.42. The lowest BCUT2D eigenvalue weighted by Crippen LogP contribution is -2.37. The van der Waals surface area contributed by atoms with E-state index in [2.05, 4.69) is 10.2 Å². The molecule has 0 radical (unpaired) electrons. The Kier molecular flexibility index (Phi) is 5.58. The van der Waals surface area contributed by atoms with Gasteiger partial charge in [0.25, 0.3) is 5.69 Å². The number of nitrogens with zero attached hydrogens (tertiary/aromatic N) is 2. The Bertz CT molecular complexity index is 464. The smallest absolute Gasteiger partial charge is 0.293 e. The number of halogens is 1. The molecule has 0 aromatic heterocycles. The molecule has 1 aromatic carbocycles. The van der Waals surface area contributed by atoms with Crippen LogP contribution in [0.5, 0.6) is 0 Å². The maximum Gasteiger partial charge on any atom is 0.293 e. The van der Waals surface area contributed by atoms with Gasteiger partial charge in [-0.15, -0.1) is 0 Å². The molecule has 110 valence electrons. The van der Waals surface area contributed by atoms with Crippen molar-refractivity contribution in [3.63, 3.8) is 0 Å². The van der Waals surface area contributed by atoms with Gasteiger partial charge in [-0.05, 0) is 25.1 Å². The highest BCUT2D eigenvalue weighted by atomic mass is 35.5. The van der Waals surface area contributed by atoms with E-state index >= 15 is 0 Å². The number of nitrogens with one attached hydrogen (secondary N) is 1. The van der Waals surface area contributed by atoms with E-state index in [-0.39, 0.29) is 5.69 Å². The van der Waals surface area contributed by atoms with Crippen molar-refractivity contribution in [1.82, 2.24) is 4.90 Å². The van der Waals surface area contributed by atoms with Crippen LogP contribution in [0.1, 0.15) is 6.42 Å². The predicted octanol–water partition coefficient (Wildman–Crippen LogP) is 2.38. The van der Waals surface area contributed by atoms with E-state index in [0.717, 1.165) is 39.3 Å². The molecule has 0 spiro atoms. The second-order valence-corrected chi connectivity index (χ2v) is 5.09. The standard InChI is InChI=1S/C13H18ClN3O3/c14-11-2-3-12(13(10-11)17(18)19)15-4-1-5-16-6-8-20-9-7-16/h2-3,10,15H,1,4-9H2. The van der Waals surface area contributed by atoms with Gasteiger partial charge in [-0.1, -0.05) is 11.6 Å². The third-order valence-electron chi connectivity index (χ3n) is 3.23. The molecule has 2 rings (SSSR count). The van der Waals surface area contributed by atoms with Gasteiger partial charge in [-0.2, -0.15) is 0 Å². The van der Waals surface area contributed by atoms with Gasteiger partial charge in [0.2, 0.25) is 0 Å². The average molecular weight is 300 g/mol. The van der Waals surface area contributed by atoms with E-state index in [1.807, 2.05) is 0 Å². The van der Waals surface area contributed by atoms with Gasteiger partial charge in [0.05, 0.1) is 18.1 Å². The maximum atomic E-state index is 10.9. The Hall–Kier alpha value is -1.37. The van der Waals surface area contributed by atoms with Gasteiger partial charge in [0.15, 0.2) is 0 Å². The van der Waals surface area contributed by atoms with E-state index < -0.39 is 4.92 Å². The third-order valence-corrected chi connectivity index (χ3v) is 3.46. The fourth-order valence-electron chi connectivity index (χ4n) is 2.16. The summed E-state index contributed by atoms with van der Waals surface area (Å²) in [5.41, 5.74) is 0.533. The van der Waals surface area contributed by atoms with Crippen LogP contribution in [-0.4, -0.2) is 49.2 Å². The first-order valence-corrected chi connectivity index (χ1v) is 7.02. The van der Waals surface area contributed by atoms with Gasteiger partial charge in [-0.3, -0.25) is 15.0 Å². The largest absolute Gasteiger partial charge is 0.379 e. The number of ether oxygens (including phenoxy) is 1. The highest BCUT2D eigenvalue weighted by Crippen LogP contribution is 2.27. The Morgan fingerprint density at radius 1 is 1.40 bits per heavy atom. The number of anilines is 1. The Labute approximate surface area is 122 Å². The molecule has 7 heteroatoms. The number of morpholine rings is 1. The first kappa shape index (κ1) is 15.0. The zero-order valence-corrected chi connectivity index (χ0v) is 11.9. The number of hydrogen-bond donors (Lipinski definition) is 1. The summed E-state index contributed by atoms with van der Waals surface area (Å²) in [5.74, 6) is 0. The number of rotatable bonds is 6. The van der Waals surface area contributed by atoms with Gasteiger partial charge >= 0.3 is 0 Å². The highest BCUT2D eigenvalue weighted by Gasteiger charge is 2.14. The second-order valence-electron chi connectivity index (χ2n) is 4.65. The molecule has 0 aliphatic carbocycles. The van der Waals surface area contributed by atoms with Gasteiger partial charge in [-0.25, -0.2) is 0 Å². The van der Waals surface area contributed by atoms with Crippen LogP contribution in [0.15, 0.2) is 18.2 Å². The normalized spacial score (nSPS) is 16.1. The van der Waals surface area contributed by atoms with Crippen LogP contribution in [0.3, 0.4) is 0 Å². The van der Waals surface area contributed by atoms with Crippen LogP contribution in [-0.2, 0) is 4.74 Å². The topological polar surface area (TPSA) is 67.6 Å². The first-order chi connectivity index (χ1) is 9.66. The van der Waals surface area contributed by atoms with Gasteiger partial charge < -0.3 is 10.1 Å². The molecule has 0 amide bonds. The number of nitro groups is 1. The number of benzene rings is 1. The summed E-state index contributed by atoms with van der Waals surface area (Å²) < 4.78 is 5.28. The lowest BCUT2D eigenvalue weighted by Gasteiger charge is -2.26. The molecule has 1 heterocycles. The van der Waals surface area contributed by atoms with Crippen LogP contribution in [0.25, 0.3) is 0 Å². The lowest BCUT2D eigenvalue weighted by atomic mass is 10.2. The average Bonchev–Trinajstić information content (AvgIpc) is 2.45. The van der Waals surface area contributed by atoms with Crippen molar-refractivity contribution >= 4 is 23.0 Å². The summed E-state index contributed by atoms with van der Waals surface area (Å²) in [6.45, 7) is 5.16. The minimum absolute atomic E-state index is 0.0175. The third kappa shape index (κ3) is 4.33. The summed E-state index contributed by atoms with van der Waals surface area (Å²) in [5, 5.41) is 14.4. The van der Waals surface area contributed by atoms with Crippen LogP contribution in [0.4, 0.5) is 11.4 Å². The minimum Gasteiger partial charge on any atom is -0.379 e. The van der Waals surface area contributed by atoms with Crippen LogP contribution in [0.2, 0.25) is 5.02 Å². The molecule has 6 nitrogen and oxygen atoms in total. The lowest BCUT2D eigenvalue weighted by molar-refractivity contribution is -0.383. The summed E-state index contributed by atoms with van der Waals surface area (Å²) in [6.07, 6.45) is 0.930. The Balaban J connectivity index is 1.80. The molecule has 1 aliphatic heterocycles. The quantitative estimate of drug-likeness (QED) is 0.496. The predicted molar refractivity (Wildman–Crippen MR) is 78.5 cm³/mol. The van der Waals surface area contributed by atoms with Crippen molar-refractivity contribution in [2.45, 2.75) is 6.42 Å². The van der Waals surface area contributed by atoms with Crippen molar-refractivity contribution in [2.24, 2.45) is 0 Å². The van der Waals surface area contributed by atoms with E-state index in [1.54, 1.807) is 12.1 Å². The number of hydrogen-bond acceptors (Lipinski definition) is 5. The minimum atomic E-state index is -0.420. The summed E-state index contributed by atoms with van der Waals surface area (Å²) in [7, 11) is 0. The molecule has 0 saturated carbocycles. The number of nitro benzene ring substituents is 1. The van der Waals surface area contributed by atoms with Gasteiger partial charge in [0, 0.05) is 30.7 Å². The molecule has 0 unspecified atom stereocenters. The molecule has 1 aromatic rings. The summed E-state index contributed by atoms with van der Waals surface area (Å²) in [4.78, 5) is 12.9. The summed E-state index contributed by atoms with van der Waals surface area (Å²) >= 11 is 5.77. The van der Waals surface area contributed by atoms with Gasteiger partial charge in [0.1, 0.15) is 5.69 Å². The zero-order valence-electron chi connectivity index (χ0n) is 11.2. The maximum absolute atomic E-state index is 10.9. The van der Waals surface area contributed by atoms with E-state index in [4.69, 9.17) is 16.3 Å². The fourth-order valence-corrected chi connectivity index (χ4v) is 2.32. The molecule has 20 heavy (non-hydrogen) atoms. The zero-order chi connectivity index (χ0) is 14.4. The molecule has 1 aliphatic rings. The van der Waals surface area contributed by atoms with Crippen molar-refractivity contribution in [3.05, 3.63) is 33.3 Å². The molecule has 0 atom stereocenters. The Morgan fingerprint density at radius 2 is 2.15 bits per heavy atom. The molecule has 1 N–H and O–H groups in total. The summed E-state index contributed by atoms with van der Waals surface area (Å²) in [6, 6.07) is 4.67. The highest BCUT2D eigenvalue weighted by molar-refractivity contribution is 6.30. The molecular formula is C13H18ClN3O3. The molecular weight excluding hydrogens is 282 g/mol.